The molecule has 17 heavy (non-hydrogen) atoms. The number of piperidine rings is 1. The largest absolute Gasteiger partial charge is 0.481 e. The number of rotatable bonds is 4. The normalized spacial score (nSPS) is 29.4. The Bertz CT molecular complexity index is 266. The first-order valence-corrected chi connectivity index (χ1v) is 6.70. The first-order valence-electron chi connectivity index (χ1n) is 6.70. The summed E-state index contributed by atoms with van der Waals surface area (Å²) in [4.78, 5) is 13.7. The van der Waals surface area contributed by atoms with E-state index in [-0.39, 0.29) is 0 Å². The fourth-order valence-corrected chi connectivity index (χ4v) is 2.97. The quantitative estimate of drug-likeness (QED) is 0.812. The zero-order valence-electron chi connectivity index (χ0n) is 10.7. The van der Waals surface area contributed by atoms with Crippen molar-refractivity contribution in [2.24, 2.45) is 11.3 Å². The molecule has 0 bridgehead atoms. The average Bonchev–Trinajstić information content (AvgIpc) is 2.83. The van der Waals surface area contributed by atoms with Gasteiger partial charge in [-0.1, -0.05) is 6.92 Å². The minimum atomic E-state index is -0.608. The summed E-state index contributed by atoms with van der Waals surface area (Å²) < 4.78 is 5.38. The van der Waals surface area contributed by atoms with Crippen molar-refractivity contribution >= 4 is 5.97 Å². The lowest BCUT2D eigenvalue weighted by Crippen LogP contribution is -2.45. The lowest BCUT2D eigenvalue weighted by Gasteiger charge is -2.39. The van der Waals surface area contributed by atoms with Crippen molar-refractivity contribution in [3.8, 4) is 0 Å². The van der Waals surface area contributed by atoms with E-state index in [1.807, 2.05) is 6.92 Å². The van der Waals surface area contributed by atoms with Crippen molar-refractivity contribution in [3.05, 3.63) is 0 Å². The van der Waals surface area contributed by atoms with Crippen LogP contribution >= 0.6 is 0 Å². The van der Waals surface area contributed by atoms with Crippen LogP contribution in [0.5, 0.6) is 0 Å². The maximum Gasteiger partial charge on any atom is 0.309 e. The van der Waals surface area contributed by atoms with Gasteiger partial charge in [-0.3, -0.25) is 4.79 Å². The van der Waals surface area contributed by atoms with Crippen LogP contribution in [0.3, 0.4) is 0 Å². The van der Waals surface area contributed by atoms with Crippen LogP contribution in [0.15, 0.2) is 0 Å². The standard InChI is InChI=1S/C13H23NO3/c1-2-13(12(15)16)4-6-14(7-5-13)9-11-3-8-17-10-11/h11H,2-10H2,1H3,(H,15,16). The van der Waals surface area contributed by atoms with Crippen molar-refractivity contribution < 1.29 is 14.6 Å². The molecule has 2 saturated heterocycles. The Balaban J connectivity index is 1.82. The molecule has 2 heterocycles. The van der Waals surface area contributed by atoms with Gasteiger partial charge in [0.1, 0.15) is 0 Å². The molecule has 0 aromatic rings. The van der Waals surface area contributed by atoms with Gasteiger partial charge in [0.25, 0.3) is 0 Å². The van der Waals surface area contributed by atoms with Gasteiger partial charge in [-0.2, -0.15) is 0 Å². The molecule has 1 N–H and O–H groups in total. The lowest BCUT2D eigenvalue weighted by atomic mass is 9.76. The summed E-state index contributed by atoms with van der Waals surface area (Å²) in [6.45, 7) is 6.71. The highest BCUT2D eigenvalue weighted by Crippen LogP contribution is 2.35. The Morgan fingerprint density at radius 3 is 2.65 bits per heavy atom. The van der Waals surface area contributed by atoms with Crippen LogP contribution in [-0.2, 0) is 9.53 Å². The van der Waals surface area contributed by atoms with E-state index in [4.69, 9.17) is 4.74 Å². The molecule has 98 valence electrons. The zero-order chi connectivity index (χ0) is 12.3. The van der Waals surface area contributed by atoms with Gasteiger partial charge in [-0.05, 0) is 44.7 Å². The number of likely N-dealkylation sites (tertiary alicyclic amines) is 1. The van der Waals surface area contributed by atoms with Gasteiger partial charge in [0.05, 0.1) is 12.0 Å². The van der Waals surface area contributed by atoms with Crippen LogP contribution < -0.4 is 0 Å². The maximum absolute atomic E-state index is 11.3. The van der Waals surface area contributed by atoms with E-state index >= 15 is 0 Å². The minimum Gasteiger partial charge on any atom is -0.481 e. The summed E-state index contributed by atoms with van der Waals surface area (Å²) in [6.07, 6.45) is 3.51. The SMILES string of the molecule is CCC1(C(=O)O)CCN(CC2CCOC2)CC1. The molecule has 0 radical (unpaired) electrons. The van der Waals surface area contributed by atoms with E-state index in [2.05, 4.69) is 4.90 Å². The lowest BCUT2D eigenvalue weighted by molar-refractivity contribution is -0.152. The molecule has 0 aromatic heterocycles. The predicted molar refractivity (Wildman–Crippen MR) is 65.0 cm³/mol. The van der Waals surface area contributed by atoms with Gasteiger partial charge in [0.15, 0.2) is 0 Å². The maximum atomic E-state index is 11.3. The van der Waals surface area contributed by atoms with E-state index < -0.39 is 11.4 Å². The fraction of sp³-hybridized carbons (Fsp3) is 0.923. The third kappa shape index (κ3) is 2.80. The molecule has 2 aliphatic rings. The average molecular weight is 241 g/mol. The fourth-order valence-electron chi connectivity index (χ4n) is 2.97. The molecule has 2 aliphatic heterocycles. The Hall–Kier alpha value is -0.610. The third-order valence-corrected chi connectivity index (χ3v) is 4.48. The summed E-state index contributed by atoms with van der Waals surface area (Å²) in [6, 6.07) is 0. The van der Waals surface area contributed by atoms with E-state index in [0.717, 1.165) is 58.5 Å². The molecule has 2 rings (SSSR count). The number of ether oxygens (including phenoxy) is 1. The third-order valence-electron chi connectivity index (χ3n) is 4.48. The Kier molecular flexibility index (Phi) is 4.05. The molecule has 4 nitrogen and oxygen atoms in total. The van der Waals surface area contributed by atoms with E-state index in [1.165, 1.54) is 0 Å². The summed E-state index contributed by atoms with van der Waals surface area (Å²) >= 11 is 0. The minimum absolute atomic E-state index is 0.456. The molecule has 0 amide bonds. The predicted octanol–water partition coefficient (Wildman–Crippen LogP) is 1.60. The van der Waals surface area contributed by atoms with Gasteiger partial charge in [0.2, 0.25) is 0 Å². The van der Waals surface area contributed by atoms with Gasteiger partial charge in [-0.15, -0.1) is 0 Å². The van der Waals surface area contributed by atoms with Crippen molar-refractivity contribution in [2.75, 3.05) is 32.8 Å². The first-order chi connectivity index (χ1) is 8.16. The van der Waals surface area contributed by atoms with Gasteiger partial charge < -0.3 is 14.7 Å². The zero-order valence-corrected chi connectivity index (χ0v) is 10.7. The highest BCUT2D eigenvalue weighted by Gasteiger charge is 2.40. The van der Waals surface area contributed by atoms with Crippen LogP contribution in [-0.4, -0.2) is 48.8 Å². The number of carboxylic acids is 1. The number of hydrogen-bond donors (Lipinski definition) is 1. The molecular formula is C13H23NO3. The molecule has 4 heteroatoms. The van der Waals surface area contributed by atoms with E-state index in [0.29, 0.717) is 5.92 Å². The molecule has 0 spiro atoms. The number of hydrogen-bond acceptors (Lipinski definition) is 3. The Morgan fingerprint density at radius 2 is 2.18 bits per heavy atom. The summed E-state index contributed by atoms with van der Waals surface area (Å²) in [5.74, 6) is 0.0535. The monoisotopic (exact) mass is 241 g/mol. The van der Waals surface area contributed by atoms with Crippen molar-refractivity contribution in [3.63, 3.8) is 0 Å². The molecule has 1 atom stereocenters. The molecule has 0 saturated carbocycles. The molecule has 0 aromatic carbocycles. The van der Waals surface area contributed by atoms with Gasteiger partial charge in [0, 0.05) is 13.2 Å². The summed E-state index contributed by atoms with van der Waals surface area (Å²) in [5.41, 5.74) is -0.456. The molecule has 1 unspecified atom stereocenters. The molecule has 0 aliphatic carbocycles. The highest BCUT2D eigenvalue weighted by molar-refractivity contribution is 5.74. The van der Waals surface area contributed by atoms with Crippen LogP contribution in [0.25, 0.3) is 0 Å². The van der Waals surface area contributed by atoms with E-state index in [9.17, 15) is 9.90 Å². The van der Waals surface area contributed by atoms with Crippen LogP contribution in [0, 0.1) is 11.3 Å². The van der Waals surface area contributed by atoms with Crippen molar-refractivity contribution in [1.29, 1.82) is 0 Å². The number of aliphatic carboxylic acids is 1. The summed E-state index contributed by atoms with van der Waals surface area (Å²) in [5, 5.41) is 9.32. The van der Waals surface area contributed by atoms with Crippen LogP contribution in [0.4, 0.5) is 0 Å². The number of carbonyl (C=O) groups is 1. The van der Waals surface area contributed by atoms with Crippen molar-refractivity contribution in [1.82, 2.24) is 4.90 Å². The Labute approximate surface area is 103 Å². The number of carboxylic acid groups (broad SMARTS) is 1. The molecular weight excluding hydrogens is 218 g/mol. The van der Waals surface area contributed by atoms with Crippen LogP contribution in [0.1, 0.15) is 32.6 Å². The second-order valence-electron chi connectivity index (χ2n) is 5.47. The number of nitrogens with zero attached hydrogens (tertiary/aromatic N) is 1. The highest BCUT2D eigenvalue weighted by atomic mass is 16.5. The summed E-state index contributed by atoms with van der Waals surface area (Å²) in [7, 11) is 0. The second-order valence-corrected chi connectivity index (χ2v) is 5.47. The van der Waals surface area contributed by atoms with Gasteiger partial charge >= 0.3 is 5.97 Å². The Morgan fingerprint density at radius 1 is 1.47 bits per heavy atom. The van der Waals surface area contributed by atoms with Crippen LogP contribution in [0.2, 0.25) is 0 Å². The smallest absolute Gasteiger partial charge is 0.309 e. The topological polar surface area (TPSA) is 49.8 Å². The van der Waals surface area contributed by atoms with Gasteiger partial charge in [-0.25, -0.2) is 0 Å². The van der Waals surface area contributed by atoms with Crippen molar-refractivity contribution in [2.45, 2.75) is 32.6 Å². The molecule has 2 fully saturated rings. The first kappa shape index (κ1) is 12.8. The second kappa shape index (κ2) is 5.36. The van der Waals surface area contributed by atoms with E-state index in [1.54, 1.807) is 0 Å².